The predicted octanol–water partition coefficient (Wildman–Crippen LogP) is 4.89. The molecule has 1 fully saturated rings. The third-order valence-electron chi connectivity index (χ3n) is 5.20. The monoisotopic (exact) mass is 427 g/mol. The van der Waals surface area contributed by atoms with Crippen molar-refractivity contribution in [2.45, 2.75) is 70.2 Å². The first-order valence-electron chi connectivity index (χ1n) is 10.5. The minimum Gasteiger partial charge on any atom is -0.493 e. The molecule has 0 unspecified atom stereocenters. The number of ether oxygens (including phenoxy) is 1. The van der Waals surface area contributed by atoms with E-state index in [9.17, 15) is 18.3 Å². The maximum absolute atomic E-state index is 13.6. The Kier molecular flexibility index (Phi) is 7.71. The number of nitrogens with zero attached hydrogens (tertiary/aromatic N) is 2. The summed E-state index contributed by atoms with van der Waals surface area (Å²) in [6.07, 6.45) is 1.49. The van der Waals surface area contributed by atoms with Crippen molar-refractivity contribution >= 4 is 0 Å². The first-order chi connectivity index (χ1) is 14.4. The number of nitrogens with one attached hydrogen (secondary N) is 1. The second-order valence-corrected chi connectivity index (χ2v) is 7.57. The lowest BCUT2D eigenvalue weighted by molar-refractivity contribution is -0.138. The molecule has 1 saturated heterocycles. The van der Waals surface area contributed by atoms with E-state index in [4.69, 9.17) is 9.26 Å². The topological polar surface area (TPSA) is 80.4 Å². The summed E-state index contributed by atoms with van der Waals surface area (Å²) >= 11 is 0. The van der Waals surface area contributed by atoms with Gasteiger partial charge in [0.2, 0.25) is 11.7 Å². The molecule has 1 aliphatic heterocycles. The standard InChI is InChI=1S/C21H28F3N3O3/c1-2-3-4-5-6-7-12-29-17-9-8-14(13-15(17)21(22,23)24)19-26-20(30-27-19)18-16(28)10-11-25-18/h8-9,13,16,18,25,28H,2-7,10-12H2,1H3/t16-,18-/m0/s1. The van der Waals surface area contributed by atoms with Gasteiger partial charge >= 0.3 is 6.18 Å². The smallest absolute Gasteiger partial charge is 0.419 e. The molecule has 2 heterocycles. The number of halogens is 3. The Morgan fingerprint density at radius 2 is 1.97 bits per heavy atom. The molecule has 0 bridgehead atoms. The molecule has 1 aliphatic rings. The zero-order valence-electron chi connectivity index (χ0n) is 17.0. The zero-order valence-corrected chi connectivity index (χ0v) is 17.0. The average molecular weight is 427 g/mol. The Bertz CT molecular complexity index is 810. The third kappa shape index (κ3) is 5.72. The van der Waals surface area contributed by atoms with Crippen molar-refractivity contribution in [1.82, 2.24) is 15.5 Å². The highest BCUT2D eigenvalue weighted by Crippen LogP contribution is 2.38. The van der Waals surface area contributed by atoms with E-state index in [0.29, 0.717) is 19.4 Å². The number of rotatable bonds is 10. The van der Waals surface area contributed by atoms with Crippen LogP contribution in [-0.4, -0.2) is 34.5 Å². The molecule has 2 aromatic rings. The van der Waals surface area contributed by atoms with E-state index in [0.717, 1.165) is 31.7 Å². The Morgan fingerprint density at radius 1 is 1.20 bits per heavy atom. The molecule has 6 nitrogen and oxygen atoms in total. The van der Waals surface area contributed by atoms with Gasteiger partial charge in [-0.2, -0.15) is 18.2 Å². The maximum Gasteiger partial charge on any atom is 0.419 e. The molecule has 3 rings (SSSR count). The van der Waals surface area contributed by atoms with Crippen molar-refractivity contribution in [2.24, 2.45) is 0 Å². The largest absolute Gasteiger partial charge is 0.493 e. The van der Waals surface area contributed by atoms with Gasteiger partial charge in [-0.1, -0.05) is 44.2 Å². The SMILES string of the molecule is CCCCCCCCOc1ccc(-c2noc([C@H]3NCC[C@@H]3O)n2)cc1C(F)(F)F. The first kappa shape index (κ1) is 22.6. The minimum atomic E-state index is -4.57. The van der Waals surface area contributed by atoms with E-state index in [1.165, 1.54) is 18.6 Å². The van der Waals surface area contributed by atoms with Crippen LogP contribution in [0.2, 0.25) is 0 Å². The Morgan fingerprint density at radius 3 is 2.67 bits per heavy atom. The maximum atomic E-state index is 13.6. The first-order valence-corrected chi connectivity index (χ1v) is 10.5. The second kappa shape index (κ2) is 10.3. The van der Waals surface area contributed by atoms with Gasteiger partial charge in [-0.25, -0.2) is 0 Å². The van der Waals surface area contributed by atoms with E-state index in [-0.39, 0.29) is 29.6 Å². The van der Waals surface area contributed by atoms with Crippen molar-refractivity contribution < 1.29 is 27.5 Å². The van der Waals surface area contributed by atoms with Gasteiger partial charge < -0.3 is 19.7 Å². The highest BCUT2D eigenvalue weighted by Gasteiger charge is 2.36. The summed E-state index contributed by atoms with van der Waals surface area (Å²) < 4.78 is 51.3. The molecule has 0 saturated carbocycles. The molecule has 0 spiro atoms. The van der Waals surface area contributed by atoms with Gasteiger partial charge in [-0.3, -0.25) is 0 Å². The van der Waals surface area contributed by atoms with Crippen LogP contribution in [0.3, 0.4) is 0 Å². The molecule has 0 radical (unpaired) electrons. The van der Waals surface area contributed by atoms with Gasteiger partial charge in [-0.05, 0) is 37.6 Å². The molecular formula is C21H28F3N3O3. The van der Waals surface area contributed by atoms with E-state index in [1.807, 2.05) is 0 Å². The van der Waals surface area contributed by atoms with Crippen LogP contribution >= 0.6 is 0 Å². The lowest BCUT2D eigenvalue weighted by Gasteiger charge is -2.15. The molecule has 9 heteroatoms. The number of aliphatic hydroxyl groups excluding tert-OH is 1. The summed E-state index contributed by atoms with van der Waals surface area (Å²) in [6, 6.07) is 3.25. The second-order valence-electron chi connectivity index (χ2n) is 7.57. The summed E-state index contributed by atoms with van der Waals surface area (Å²) in [5.74, 6) is 0.00207. The van der Waals surface area contributed by atoms with E-state index >= 15 is 0 Å². The van der Waals surface area contributed by atoms with Gasteiger partial charge in [-0.15, -0.1) is 0 Å². The predicted molar refractivity (Wildman–Crippen MR) is 105 cm³/mol. The molecule has 0 amide bonds. The number of unbranched alkanes of at least 4 members (excludes halogenated alkanes) is 5. The van der Waals surface area contributed by atoms with Crippen molar-refractivity contribution in [1.29, 1.82) is 0 Å². The van der Waals surface area contributed by atoms with Gasteiger partial charge in [0.25, 0.3) is 0 Å². The number of alkyl halides is 3. The lowest BCUT2D eigenvalue weighted by Crippen LogP contribution is -2.21. The fraction of sp³-hybridized carbons (Fsp3) is 0.619. The van der Waals surface area contributed by atoms with Crippen molar-refractivity contribution in [2.75, 3.05) is 13.2 Å². The summed E-state index contributed by atoms with van der Waals surface area (Å²) in [5, 5.41) is 16.7. The summed E-state index contributed by atoms with van der Waals surface area (Å²) in [5.41, 5.74) is -0.687. The summed E-state index contributed by atoms with van der Waals surface area (Å²) in [4.78, 5) is 4.17. The van der Waals surface area contributed by atoms with E-state index in [1.54, 1.807) is 0 Å². The number of hydrogen-bond acceptors (Lipinski definition) is 6. The van der Waals surface area contributed by atoms with Crippen LogP contribution in [0.25, 0.3) is 11.4 Å². The van der Waals surface area contributed by atoms with Crippen LogP contribution < -0.4 is 10.1 Å². The summed E-state index contributed by atoms with van der Waals surface area (Å²) in [6.45, 7) is 2.98. The molecule has 166 valence electrons. The molecule has 2 N–H and O–H groups in total. The van der Waals surface area contributed by atoms with Crippen molar-refractivity contribution in [3.8, 4) is 17.1 Å². The van der Waals surface area contributed by atoms with Gasteiger partial charge in [0, 0.05) is 5.56 Å². The highest BCUT2D eigenvalue weighted by atomic mass is 19.4. The average Bonchev–Trinajstić information content (AvgIpc) is 3.35. The van der Waals surface area contributed by atoms with Crippen LogP contribution in [0, 0.1) is 0 Å². The zero-order chi connectivity index (χ0) is 21.6. The quantitative estimate of drug-likeness (QED) is 0.526. The van der Waals surface area contributed by atoms with Gasteiger partial charge in [0.05, 0.1) is 18.3 Å². The van der Waals surface area contributed by atoms with Crippen molar-refractivity contribution in [3.05, 3.63) is 29.7 Å². The van der Waals surface area contributed by atoms with Crippen molar-refractivity contribution in [3.63, 3.8) is 0 Å². The fourth-order valence-corrected chi connectivity index (χ4v) is 3.50. The van der Waals surface area contributed by atoms with Gasteiger partial charge in [0.1, 0.15) is 11.8 Å². The Hall–Kier alpha value is -2.13. The van der Waals surface area contributed by atoms with E-state index < -0.39 is 23.9 Å². The minimum absolute atomic E-state index is 0.0406. The molecule has 1 aromatic carbocycles. The molecule has 0 aliphatic carbocycles. The number of aliphatic hydroxyl groups is 1. The third-order valence-corrected chi connectivity index (χ3v) is 5.20. The normalized spacial score (nSPS) is 19.4. The molecule has 30 heavy (non-hydrogen) atoms. The number of benzene rings is 1. The highest BCUT2D eigenvalue weighted by molar-refractivity contribution is 5.59. The molecule has 1 aromatic heterocycles. The van der Waals surface area contributed by atoms with Crippen LogP contribution in [0.5, 0.6) is 5.75 Å². The van der Waals surface area contributed by atoms with E-state index in [2.05, 4.69) is 22.4 Å². The van der Waals surface area contributed by atoms with Crippen LogP contribution in [0.15, 0.2) is 22.7 Å². The molecule has 2 atom stereocenters. The van der Waals surface area contributed by atoms with Crippen LogP contribution in [0.4, 0.5) is 13.2 Å². The Labute approximate surface area is 173 Å². The Balaban J connectivity index is 1.68. The van der Waals surface area contributed by atoms with Crippen LogP contribution in [-0.2, 0) is 6.18 Å². The molecular weight excluding hydrogens is 399 g/mol. The number of hydrogen-bond donors (Lipinski definition) is 2. The number of aromatic nitrogens is 2. The lowest BCUT2D eigenvalue weighted by atomic mass is 10.1. The fourth-order valence-electron chi connectivity index (χ4n) is 3.50. The van der Waals surface area contributed by atoms with Gasteiger partial charge in [0.15, 0.2) is 0 Å². The van der Waals surface area contributed by atoms with Crippen LogP contribution in [0.1, 0.15) is 69.4 Å². The summed E-state index contributed by atoms with van der Waals surface area (Å²) in [7, 11) is 0.